The standard InChI is InChI=1S/C15H21FN4O4/c1-15(2,3)24-14(23)19-11-5-4-9(8-10(11)16)13(22)12(21)6-7-18-20-17/h4-5,8,12-13,21-22H,6-7H2,1-3H3,(H,19,23). The second-order valence-electron chi connectivity index (χ2n) is 6.12. The molecule has 0 aliphatic rings. The molecule has 0 fully saturated rings. The Morgan fingerprint density at radius 1 is 1.46 bits per heavy atom. The third-order valence-corrected chi connectivity index (χ3v) is 2.92. The van der Waals surface area contributed by atoms with Gasteiger partial charge in [0.2, 0.25) is 0 Å². The van der Waals surface area contributed by atoms with Crippen molar-refractivity contribution in [1.82, 2.24) is 0 Å². The fraction of sp³-hybridized carbons (Fsp3) is 0.533. The number of rotatable bonds is 6. The van der Waals surface area contributed by atoms with E-state index in [1.165, 1.54) is 12.1 Å². The van der Waals surface area contributed by atoms with Gasteiger partial charge in [-0.25, -0.2) is 9.18 Å². The first kappa shape index (κ1) is 19.7. The van der Waals surface area contributed by atoms with Crippen LogP contribution in [0.5, 0.6) is 0 Å². The van der Waals surface area contributed by atoms with Gasteiger partial charge in [-0.2, -0.15) is 0 Å². The largest absolute Gasteiger partial charge is 0.444 e. The summed E-state index contributed by atoms with van der Waals surface area (Å²) in [6, 6.07) is 3.64. The number of halogens is 1. The van der Waals surface area contributed by atoms with Gasteiger partial charge in [0, 0.05) is 11.5 Å². The van der Waals surface area contributed by atoms with Gasteiger partial charge in [-0.1, -0.05) is 11.2 Å². The minimum atomic E-state index is -1.34. The monoisotopic (exact) mass is 340 g/mol. The van der Waals surface area contributed by atoms with Crippen molar-refractivity contribution in [2.45, 2.75) is 45.0 Å². The molecule has 0 bridgehead atoms. The minimum Gasteiger partial charge on any atom is -0.444 e. The van der Waals surface area contributed by atoms with Crippen LogP contribution in [-0.4, -0.2) is 34.6 Å². The lowest BCUT2D eigenvalue weighted by atomic mass is 10.0. The molecule has 0 spiro atoms. The highest BCUT2D eigenvalue weighted by atomic mass is 19.1. The van der Waals surface area contributed by atoms with E-state index in [-0.39, 0.29) is 24.2 Å². The summed E-state index contributed by atoms with van der Waals surface area (Å²) >= 11 is 0. The Morgan fingerprint density at radius 2 is 2.12 bits per heavy atom. The van der Waals surface area contributed by atoms with Gasteiger partial charge in [0.05, 0.1) is 11.8 Å². The van der Waals surface area contributed by atoms with E-state index >= 15 is 0 Å². The summed E-state index contributed by atoms with van der Waals surface area (Å²) in [5.41, 5.74) is 7.48. The number of anilines is 1. The maximum absolute atomic E-state index is 14.0. The zero-order valence-electron chi connectivity index (χ0n) is 13.7. The Hall–Kier alpha value is -2.35. The van der Waals surface area contributed by atoms with Gasteiger partial charge in [-0.3, -0.25) is 5.32 Å². The van der Waals surface area contributed by atoms with Crippen molar-refractivity contribution in [2.75, 3.05) is 11.9 Å². The molecule has 3 N–H and O–H groups in total. The number of azide groups is 1. The van der Waals surface area contributed by atoms with E-state index in [1.54, 1.807) is 20.8 Å². The van der Waals surface area contributed by atoms with Gasteiger partial charge < -0.3 is 14.9 Å². The van der Waals surface area contributed by atoms with E-state index in [9.17, 15) is 19.4 Å². The summed E-state index contributed by atoms with van der Waals surface area (Å²) in [5.74, 6) is -0.778. The summed E-state index contributed by atoms with van der Waals surface area (Å²) in [4.78, 5) is 14.2. The van der Waals surface area contributed by atoms with E-state index in [1.807, 2.05) is 0 Å². The van der Waals surface area contributed by atoms with Crippen molar-refractivity contribution in [2.24, 2.45) is 5.11 Å². The summed E-state index contributed by atoms with van der Waals surface area (Å²) in [6.07, 6.45) is -3.32. The molecule has 0 aliphatic heterocycles. The first-order valence-corrected chi connectivity index (χ1v) is 7.30. The van der Waals surface area contributed by atoms with Crippen LogP contribution in [0.25, 0.3) is 10.4 Å². The average Bonchev–Trinajstić information content (AvgIpc) is 2.46. The fourth-order valence-electron chi connectivity index (χ4n) is 1.85. The maximum atomic E-state index is 14.0. The number of carbonyl (C=O) groups excluding carboxylic acids is 1. The van der Waals surface area contributed by atoms with Crippen LogP contribution >= 0.6 is 0 Å². The van der Waals surface area contributed by atoms with Crippen molar-refractivity contribution in [3.8, 4) is 0 Å². The molecule has 1 amide bonds. The zero-order chi connectivity index (χ0) is 18.3. The molecule has 2 unspecified atom stereocenters. The lowest BCUT2D eigenvalue weighted by Gasteiger charge is -2.20. The first-order chi connectivity index (χ1) is 11.1. The van der Waals surface area contributed by atoms with Crippen LogP contribution in [-0.2, 0) is 4.74 Å². The molecule has 0 saturated carbocycles. The number of aliphatic hydroxyl groups excluding tert-OH is 2. The van der Waals surface area contributed by atoms with Crippen LogP contribution < -0.4 is 5.32 Å². The highest BCUT2D eigenvalue weighted by molar-refractivity contribution is 5.85. The number of nitrogens with one attached hydrogen (secondary N) is 1. The molecule has 8 nitrogen and oxygen atoms in total. The van der Waals surface area contributed by atoms with E-state index in [2.05, 4.69) is 15.3 Å². The molecule has 1 aromatic carbocycles. The molecule has 132 valence electrons. The Kier molecular flexibility index (Phi) is 6.97. The van der Waals surface area contributed by atoms with Crippen molar-refractivity contribution < 1.29 is 24.1 Å². The summed E-state index contributed by atoms with van der Waals surface area (Å²) in [6.45, 7) is 5.05. The third-order valence-electron chi connectivity index (χ3n) is 2.92. The number of hydrogen-bond acceptors (Lipinski definition) is 5. The predicted octanol–water partition coefficient (Wildman–Crippen LogP) is 3.27. The molecule has 1 aromatic rings. The minimum absolute atomic E-state index is 0.00942. The first-order valence-electron chi connectivity index (χ1n) is 7.30. The summed E-state index contributed by atoms with van der Waals surface area (Å²) < 4.78 is 19.1. The highest BCUT2D eigenvalue weighted by Crippen LogP contribution is 2.24. The normalized spacial score (nSPS) is 13.6. The molecule has 24 heavy (non-hydrogen) atoms. The number of hydrogen-bond donors (Lipinski definition) is 3. The predicted molar refractivity (Wildman–Crippen MR) is 85.9 cm³/mol. The van der Waals surface area contributed by atoms with E-state index in [0.29, 0.717) is 0 Å². The Morgan fingerprint density at radius 3 is 2.67 bits per heavy atom. The van der Waals surface area contributed by atoms with Crippen molar-refractivity contribution in [1.29, 1.82) is 0 Å². The van der Waals surface area contributed by atoms with Crippen molar-refractivity contribution in [3.63, 3.8) is 0 Å². The second kappa shape index (κ2) is 8.49. The van der Waals surface area contributed by atoms with Crippen LogP contribution in [0.1, 0.15) is 38.9 Å². The van der Waals surface area contributed by atoms with Crippen LogP contribution in [0.4, 0.5) is 14.9 Å². The van der Waals surface area contributed by atoms with Crippen LogP contribution in [0.2, 0.25) is 0 Å². The fourth-order valence-corrected chi connectivity index (χ4v) is 1.85. The second-order valence-corrected chi connectivity index (χ2v) is 6.12. The maximum Gasteiger partial charge on any atom is 0.412 e. The van der Waals surface area contributed by atoms with Crippen molar-refractivity contribution >= 4 is 11.8 Å². The van der Waals surface area contributed by atoms with Crippen LogP contribution in [0, 0.1) is 5.82 Å². The van der Waals surface area contributed by atoms with Gasteiger partial charge in [-0.15, -0.1) is 0 Å². The van der Waals surface area contributed by atoms with E-state index in [4.69, 9.17) is 10.3 Å². The third kappa shape index (κ3) is 6.41. The Balaban J connectivity index is 2.76. The number of aliphatic hydroxyl groups is 2. The molecular formula is C15H21FN4O4. The SMILES string of the molecule is CC(C)(C)OC(=O)Nc1ccc(C(O)C(O)CCN=[N+]=[N-])cc1F. The quantitative estimate of drug-likeness (QED) is 0.417. The van der Waals surface area contributed by atoms with Crippen LogP contribution in [0.3, 0.4) is 0 Å². The molecule has 0 aliphatic carbocycles. The Bertz CT molecular complexity index is 626. The average molecular weight is 340 g/mol. The van der Waals surface area contributed by atoms with Gasteiger partial charge in [0.15, 0.2) is 0 Å². The van der Waals surface area contributed by atoms with Gasteiger partial charge in [-0.05, 0) is 50.4 Å². The van der Waals surface area contributed by atoms with Gasteiger partial charge in [0.25, 0.3) is 0 Å². The molecule has 9 heteroatoms. The van der Waals surface area contributed by atoms with Crippen LogP contribution in [0.15, 0.2) is 23.3 Å². The van der Waals surface area contributed by atoms with Crippen molar-refractivity contribution in [3.05, 3.63) is 40.0 Å². The molecule has 2 atom stereocenters. The lowest BCUT2D eigenvalue weighted by molar-refractivity contribution is 0.0149. The topological polar surface area (TPSA) is 128 Å². The lowest BCUT2D eigenvalue weighted by Crippen LogP contribution is -2.27. The number of amides is 1. The molecular weight excluding hydrogens is 319 g/mol. The smallest absolute Gasteiger partial charge is 0.412 e. The molecule has 0 heterocycles. The number of ether oxygens (including phenoxy) is 1. The van der Waals surface area contributed by atoms with E-state index in [0.717, 1.165) is 6.07 Å². The van der Waals surface area contributed by atoms with Gasteiger partial charge >= 0.3 is 6.09 Å². The molecule has 0 radical (unpaired) electrons. The molecule has 0 aromatic heterocycles. The molecule has 1 rings (SSSR count). The number of benzene rings is 1. The van der Waals surface area contributed by atoms with E-state index < -0.39 is 29.7 Å². The number of carbonyl (C=O) groups is 1. The number of nitrogens with zero attached hydrogens (tertiary/aromatic N) is 3. The zero-order valence-corrected chi connectivity index (χ0v) is 13.7. The Labute approximate surface area is 138 Å². The summed E-state index contributed by atoms with van der Waals surface area (Å²) in [7, 11) is 0. The summed E-state index contributed by atoms with van der Waals surface area (Å²) in [5, 5.41) is 25.3. The molecule has 0 saturated heterocycles. The highest BCUT2D eigenvalue weighted by Gasteiger charge is 2.21. The van der Waals surface area contributed by atoms with Gasteiger partial charge in [0.1, 0.15) is 17.5 Å².